The van der Waals surface area contributed by atoms with Gasteiger partial charge in [0.05, 0.1) is 24.8 Å². The number of nitrogens with zero attached hydrogens (tertiary/aromatic N) is 3. The van der Waals surface area contributed by atoms with Gasteiger partial charge in [0.15, 0.2) is 5.65 Å². The van der Waals surface area contributed by atoms with E-state index in [4.69, 9.17) is 4.42 Å². The van der Waals surface area contributed by atoms with Gasteiger partial charge in [0.2, 0.25) is 0 Å². The molecular weight excluding hydrogens is 320 g/mol. The van der Waals surface area contributed by atoms with E-state index in [0.717, 1.165) is 15.7 Å². The molecule has 0 unspecified atom stereocenters. The van der Waals surface area contributed by atoms with Gasteiger partial charge in [0.1, 0.15) is 11.3 Å². The molecule has 0 aliphatic heterocycles. The summed E-state index contributed by atoms with van der Waals surface area (Å²) in [4.78, 5) is 32.8. The van der Waals surface area contributed by atoms with Crippen LogP contribution in [0.15, 0.2) is 56.9 Å². The number of imidazole rings is 1. The minimum atomic E-state index is -0.451. The Morgan fingerprint density at radius 2 is 2.04 bits per heavy atom. The van der Waals surface area contributed by atoms with Crippen LogP contribution < -0.4 is 11.2 Å². The van der Waals surface area contributed by atoms with Crippen molar-refractivity contribution in [2.75, 3.05) is 0 Å². The topological polar surface area (TPSA) is 85.8 Å². The van der Waals surface area contributed by atoms with Gasteiger partial charge in [-0.05, 0) is 37.6 Å². The molecule has 25 heavy (non-hydrogen) atoms. The first-order valence-corrected chi connectivity index (χ1v) is 7.85. The van der Waals surface area contributed by atoms with Crippen LogP contribution in [0.5, 0.6) is 0 Å². The summed E-state index contributed by atoms with van der Waals surface area (Å²) in [5, 5.41) is 0. The number of H-pyrrole nitrogens is 1. The summed E-state index contributed by atoms with van der Waals surface area (Å²) < 4.78 is 7.91. The van der Waals surface area contributed by atoms with Gasteiger partial charge in [0, 0.05) is 0 Å². The molecule has 0 aliphatic carbocycles. The summed E-state index contributed by atoms with van der Waals surface area (Å²) in [5.74, 6) is 0.533. The van der Waals surface area contributed by atoms with Crippen molar-refractivity contribution in [1.82, 2.24) is 19.1 Å². The molecule has 0 bridgehead atoms. The molecule has 126 valence electrons. The largest absolute Gasteiger partial charge is 0.467 e. The van der Waals surface area contributed by atoms with Crippen molar-refractivity contribution in [1.29, 1.82) is 0 Å². The van der Waals surface area contributed by atoms with Crippen molar-refractivity contribution in [3.8, 4) is 5.69 Å². The fraction of sp³-hybridized carbons (Fsp3) is 0.167. The Kier molecular flexibility index (Phi) is 3.42. The number of benzene rings is 1. The van der Waals surface area contributed by atoms with Crippen molar-refractivity contribution < 1.29 is 4.42 Å². The van der Waals surface area contributed by atoms with E-state index in [9.17, 15) is 9.59 Å². The molecule has 0 saturated carbocycles. The molecule has 0 aliphatic rings. The molecule has 7 heteroatoms. The lowest BCUT2D eigenvalue weighted by molar-refractivity contribution is 0.482. The van der Waals surface area contributed by atoms with Gasteiger partial charge < -0.3 is 9.40 Å². The Hall–Kier alpha value is -3.35. The third kappa shape index (κ3) is 2.40. The Balaban J connectivity index is 2.05. The van der Waals surface area contributed by atoms with Gasteiger partial charge in [-0.15, -0.1) is 0 Å². The zero-order chi connectivity index (χ0) is 17.6. The van der Waals surface area contributed by atoms with Crippen molar-refractivity contribution in [2.24, 2.45) is 0 Å². The first-order valence-electron chi connectivity index (χ1n) is 7.85. The molecule has 0 atom stereocenters. The molecular formula is C18H16N4O3. The Morgan fingerprint density at radius 1 is 1.20 bits per heavy atom. The molecule has 0 spiro atoms. The van der Waals surface area contributed by atoms with Gasteiger partial charge in [-0.1, -0.05) is 17.7 Å². The van der Waals surface area contributed by atoms with Crippen LogP contribution in [0.2, 0.25) is 0 Å². The van der Waals surface area contributed by atoms with Crippen LogP contribution in [0.1, 0.15) is 16.9 Å². The number of furan rings is 1. The molecule has 3 aromatic heterocycles. The average molecular weight is 336 g/mol. The van der Waals surface area contributed by atoms with E-state index in [1.165, 1.54) is 17.2 Å². The van der Waals surface area contributed by atoms with Crippen molar-refractivity contribution in [2.45, 2.75) is 20.4 Å². The molecule has 0 fully saturated rings. The van der Waals surface area contributed by atoms with Gasteiger partial charge >= 0.3 is 5.69 Å². The molecule has 0 amide bonds. The SMILES string of the molecule is Cc1ccc(-n2c(=O)n(Cc3ccco3)c(=O)c3[nH]cnc32)c(C)c1. The van der Waals surface area contributed by atoms with Crippen LogP contribution >= 0.6 is 0 Å². The van der Waals surface area contributed by atoms with Gasteiger partial charge in [-0.25, -0.2) is 14.3 Å². The predicted octanol–water partition coefficient (Wildman–Crippen LogP) is 2.13. The van der Waals surface area contributed by atoms with E-state index >= 15 is 0 Å². The van der Waals surface area contributed by atoms with Crippen molar-refractivity contribution in [3.05, 3.63) is 80.6 Å². The number of hydrogen-bond donors (Lipinski definition) is 1. The molecule has 4 rings (SSSR count). The Bertz CT molecular complexity index is 1180. The monoisotopic (exact) mass is 336 g/mol. The molecule has 7 nitrogen and oxygen atoms in total. The number of aromatic nitrogens is 4. The number of aromatic amines is 1. The van der Waals surface area contributed by atoms with Crippen LogP contribution in [0.4, 0.5) is 0 Å². The first kappa shape index (κ1) is 15.2. The summed E-state index contributed by atoms with van der Waals surface area (Å²) in [6.07, 6.45) is 2.93. The quantitative estimate of drug-likeness (QED) is 0.621. The third-order valence-corrected chi connectivity index (χ3v) is 4.20. The number of aryl methyl sites for hydroxylation is 2. The highest BCUT2D eigenvalue weighted by Crippen LogP contribution is 2.17. The number of fused-ring (bicyclic) bond motifs is 1. The second-order valence-corrected chi connectivity index (χ2v) is 5.98. The Morgan fingerprint density at radius 3 is 2.76 bits per heavy atom. The molecule has 4 aromatic rings. The van der Waals surface area contributed by atoms with Crippen LogP contribution in [-0.4, -0.2) is 19.1 Å². The van der Waals surface area contributed by atoms with E-state index in [1.54, 1.807) is 12.1 Å². The minimum absolute atomic E-state index is 0.0601. The lowest BCUT2D eigenvalue weighted by atomic mass is 10.1. The second kappa shape index (κ2) is 5.62. The second-order valence-electron chi connectivity index (χ2n) is 5.98. The van der Waals surface area contributed by atoms with E-state index in [1.807, 2.05) is 32.0 Å². The predicted molar refractivity (Wildman–Crippen MR) is 93.2 cm³/mol. The van der Waals surface area contributed by atoms with Crippen LogP contribution in [-0.2, 0) is 6.54 Å². The smallest absolute Gasteiger partial charge is 0.337 e. The first-order chi connectivity index (χ1) is 12.1. The standard InChI is InChI=1S/C18H16N4O3/c1-11-5-6-14(12(2)8-11)22-16-15(19-10-20-16)17(23)21(18(22)24)9-13-4-3-7-25-13/h3-8,10H,9H2,1-2H3,(H,19,20). The zero-order valence-corrected chi connectivity index (χ0v) is 13.8. The molecule has 0 saturated heterocycles. The lowest BCUT2D eigenvalue weighted by Gasteiger charge is -2.13. The number of hydrogen-bond acceptors (Lipinski definition) is 4. The van der Waals surface area contributed by atoms with E-state index < -0.39 is 11.2 Å². The average Bonchev–Trinajstić information content (AvgIpc) is 3.25. The minimum Gasteiger partial charge on any atom is -0.467 e. The van der Waals surface area contributed by atoms with Gasteiger partial charge in [-0.2, -0.15) is 0 Å². The molecule has 1 aromatic carbocycles. The highest BCUT2D eigenvalue weighted by Gasteiger charge is 2.18. The van der Waals surface area contributed by atoms with Crippen molar-refractivity contribution in [3.63, 3.8) is 0 Å². The maximum atomic E-state index is 13.1. The van der Waals surface area contributed by atoms with Crippen LogP contribution in [0.25, 0.3) is 16.9 Å². The van der Waals surface area contributed by atoms with E-state index in [2.05, 4.69) is 9.97 Å². The summed E-state index contributed by atoms with van der Waals surface area (Å²) in [6, 6.07) is 9.22. The lowest BCUT2D eigenvalue weighted by Crippen LogP contribution is -2.40. The number of rotatable bonds is 3. The third-order valence-electron chi connectivity index (χ3n) is 4.20. The summed E-state index contributed by atoms with van der Waals surface area (Å²) >= 11 is 0. The van der Waals surface area contributed by atoms with Gasteiger partial charge in [-0.3, -0.25) is 9.36 Å². The van der Waals surface area contributed by atoms with Crippen molar-refractivity contribution >= 4 is 11.2 Å². The zero-order valence-electron chi connectivity index (χ0n) is 13.8. The number of nitrogens with one attached hydrogen (secondary N) is 1. The fourth-order valence-electron chi connectivity index (χ4n) is 3.02. The molecule has 1 N–H and O–H groups in total. The van der Waals surface area contributed by atoms with Gasteiger partial charge in [0.25, 0.3) is 5.56 Å². The highest BCUT2D eigenvalue weighted by molar-refractivity contribution is 5.71. The summed E-state index contributed by atoms with van der Waals surface area (Å²) in [7, 11) is 0. The molecule has 3 heterocycles. The van der Waals surface area contributed by atoms with E-state index in [-0.39, 0.29) is 12.1 Å². The summed E-state index contributed by atoms with van der Waals surface area (Å²) in [5.41, 5.74) is 2.44. The van der Waals surface area contributed by atoms with E-state index in [0.29, 0.717) is 17.1 Å². The maximum absolute atomic E-state index is 13.1. The van der Waals surface area contributed by atoms with Crippen LogP contribution in [0.3, 0.4) is 0 Å². The maximum Gasteiger partial charge on any atom is 0.337 e. The normalized spacial score (nSPS) is 11.3. The highest BCUT2D eigenvalue weighted by atomic mass is 16.3. The molecule has 0 radical (unpaired) electrons. The fourth-order valence-corrected chi connectivity index (χ4v) is 3.02. The van der Waals surface area contributed by atoms with Crippen LogP contribution in [0, 0.1) is 13.8 Å². The Labute approximate surface area is 142 Å². The summed E-state index contributed by atoms with van der Waals surface area (Å²) in [6.45, 7) is 3.97.